The first-order chi connectivity index (χ1) is 16.7. The number of hydroxylamine groups is 2. The molecule has 0 aliphatic carbocycles. The first kappa shape index (κ1) is 25.2. The highest BCUT2D eigenvalue weighted by Crippen LogP contribution is 2.29. The lowest BCUT2D eigenvalue weighted by Crippen LogP contribution is -2.45. The molecule has 11 nitrogen and oxygen atoms in total. The molecule has 13 heteroatoms. The Morgan fingerprint density at radius 2 is 2.03 bits per heavy atom. The van der Waals surface area contributed by atoms with E-state index in [1.54, 1.807) is 0 Å². The molecular formula is C22H26FN5O6S. The second-order valence-electron chi connectivity index (χ2n) is 8.40. The van der Waals surface area contributed by atoms with Crippen LogP contribution in [0.2, 0.25) is 0 Å². The monoisotopic (exact) mass is 507 g/mol. The van der Waals surface area contributed by atoms with Crippen LogP contribution in [0.5, 0.6) is 5.88 Å². The fraction of sp³-hybridized carbons (Fsp3) is 0.455. The highest BCUT2D eigenvalue weighted by Gasteiger charge is 2.36. The highest BCUT2D eigenvalue weighted by atomic mass is 32.2. The number of benzene rings is 1. The van der Waals surface area contributed by atoms with Crippen LogP contribution in [0.25, 0.3) is 0 Å². The zero-order valence-electron chi connectivity index (χ0n) is 19.5. The number of aromatic nitrogens is 2. The normalized spacial score (nSPS) is 20.2. The highest BCUT2D eigenvalue weighted by molar-refractivity contribution is 7.90. The molecule has 0 amide bonds. The summed E-state index contributed by atoms with van der Waals surface area (Å²) in [5, 5.41) is 4.11. The second-order valence-corrected chi connectivity index (χ2v) is 10.4. The predicted octanol–water partition coefficient (Wildman–Crippen LogP) is 2.39. The zero-order chi connectivity index (χ0) is 25.2. The van der Waals surface area contributed by atoms with E-state index >= 15 is 0 Å². The summed E-state index contributed by atoms with van der Waals surface area (Å²) in [5.41, 5.74) is 0.242. The van der Waals surface area contributed by atoms with Crippen molar-refractivity contribution in [3.05, 3.63) is 35.9 Å². The number of hydrogen-bond donors (Lipinski definition) is 1. The number of sulfone groups is 1. The number of halogens is 1. The Morgan fingerprint density at radius 3 is 2.63 bits per heavy atom. The lowest BCUT2D eigenvalue weighted by Gasteiger charge is -2.33. The van der Waals surface area contributed by atoms with Gasteiger partial charge in [0.15, 0.2) is 15.7 Å². The minimum atomic E-state index is -3.54. The van der Waals surface area contributed by atoms with Crippen molar-refractivity contribution in [3.8, 4) is 18.2 Å². The van der Waals surface area contributed by atoms with Gasteiger partial charge in [0.25, 0.3) is 6.41 Å². The quantitative estimate of drug-likeness (QED) is 0.440. The predicted molar refractivity (Wildman–Crippen MR) is 122 cm³/mol. The van der Waals surface area contributed by atoms with Crippen molar-refractivity contribution in [2.24, 2.45) is 0 Å². The van der Waals surface area contributed by atoms with Gasteiger partial charge in [-0.2, -0.15) is 4.89 Å². The van der Waals surface area contributed by atoms with E-state index < -0.39 is 22.1 Å². The van der Waals surface area contributed by atoms with E-state index in [-0.39, 0.29) is 40.0 Å². The van der Waals surface area contributed by atoms with Crippen LogP contribution in [0.1, 0.15) is 32.3 Å². The van der Waals surface area contributed by atoms with Gasteiger partial charge in [-0.1, -0.05) is 5.92 Å². The SMILES string of the molecule is C#Cc1c(Nc2ccc(S(C)(=O)=O)cc2F)ncnc1OC1CCN(C2OON(C(C)C)O2)CC1. The number of anilines is 2. The molecule has 2 saturated heterocycles. The van der Waals surface area contributed by atoms with Gasteiger partial charge in [0.2, 0.25) is 5.88 Å². The van der Waals surface area contributed by atoms with E-state index in [2.05, 4.69) is 21.2 Å². The maximum absolute atomic E-state index is 14.5. The van der Waals surface area contributed by atoms with E-state index in [9.17, 15) is 12.8 Å². The third-order valence-corrected chi connectivity index (χ3v) is 6.56. The van der Waals surface area contributed by atoms with Crippen LogP contribution in [0.4, 0.5) is 15.9 Å². The Morgan fingerprint density at radius 1 is 1.29 bits per heavy atom. The Bertz CT molecular complexity index is 1210. The van der Waals surface area contributed by atoms with Crippen LogP contribution in [0, 0.1) is 18.2 Å². The smallest absolute Gasteiger partial charge is 0.272 e. The summed E-state index contributed by atoms with van der Waals surface area (Å²) in [6.07, 6.45) is 8.47. The molecule has 2 aliphatic heterocycles. The zero-order valence-corrected chi connectivity index (χ0v) is 20.3. The number of nitrogens with zero attached hydrogens (tertiary/aromatic N) is 4. The molecule has 2 fully saturated rings. The fourth-order valence-corrected chi connectivity index (χ4v) is 4.17. The number of hydrogen-bond acceptors (Lipinski definition) is 11. The lowest BCUT2D eigenvalue weighted by atomic mass is 10.1. The summed E-state index contributed by atoms with van der Waals surface area (Å²) in [7, 11) is -3.54. The minimum absolute atomic E-state index is 0.00900. The molecular weight excluding hydrogens is 481 g/mol. The Labute approximate surface area is 202 Å². The molecule has 1 atom stereocenters. The van der Waals surface area contributed by atoms with Gasteiger partial charge in [0.05, 0.1) is 16.6 Å². The lowest BCUT2D eigenvalue weighted by molar-refractivity contribution is -0.425. The molecule has 35 heavy (non-hydrogen) atoms. The number of terminal acetylenes is 1. The number of nitrogens with one attached hydrogen (secondary N) is 1. The van der Waals surface area contributed by atoms with E-state index in [1.165, 1.54) is 23.7 Å². The van der Waals surface area contributed by atoms with Gasteiger partial charge >= 0.3 is 0 Å². The van der Waals surface area contributed by atoms with Crippen molar-refractivity contribution in [1.29, 1.82) is 0 Å². The number of piperidine rings is 1. The van der Waals surface area contributed by atoms with Crippen LogP contribution in [-0.4, -0.2) is 66.4 Å². The molecule has 1 aromatic heterocycles. The van der Waals surface area contributed by atoms with E-state index in [0.29, 0.717) is 25.9 Å². The third-order valence-electron chi connectivity index (χ3n) is 5.45. The molecule has 1 N–H and O–H groups in total. The molecule has 3 heterocycles. The number of ether oxygens (including phenoxy) is 1. The molecule has 1 aromatic carbocycles. The van der Waals surface area contributed by atoms with Gasteiger partial charge in [-0.05, 0) is 50.1 Å². The van der Waals surface area contributed by atoms with Gasteiger partial charge in [-0.25, -0.2) is 27.6 Å². The molecule has 2 aliphatic rings. The molecule has 1 unspecified atom stereocenters. The summed E-state index contributed by atoms with van der Waals surface area (Å²) in [6.45, 7) is 5.09. The van der Waals surface area contributed by atoms with Crippen molar-refractivity contribution in [2.75, 3.05) is 24.7 Å². The van der Waals surface area contributed by atoms with E-state index in [1.807, 2.05) is 18.7 Å². The maximum atomic E-state index is 14.5. The van der Waals surface area contributed by atoms with Gasteiger partial charge < -0.3 is 10.1 Å². The summed E-state index contributed by atoms with van der Waals surface area (Å²) in [6, 6.07) is 3.55. The maximum Gasteiger partial charge on any atom is 0.272 e. The first-order valence-electron chi connectivity index (χ1n) is 10.9. The molecule has 188 valence electrons. The van der Waals surface area contributed by atoms with Gasteiger partial charge in [-0.15, -0.1) is 11.4 Å². The van der Waals surface area contributed by atoms with Crippen LogP contribution < -0.4 is 10.1 Å². The molecule has 2 aromatic rings. The van der Waals surface area contributed by atoms with E-state index in [4.69, 9.17) is 25.9 Å². The van der Waals surface area contributed by atoms with Crippen molar-refractivity contribution in [2.45, 2.75) is 50.1 Å². The van der Waals surface area contributed by atoms with Crippen LogP contribution in [-0.2, 0) is 24.6 Å². The molecule has 0 bridgehead atoms. The molecule has 0 radical (unpaired) electrons. The van der Waals surface area contributed by atoms with Crippen molar-refractivity contribution in [3.63, 3.8) is 0 Å². The summed E-state index contributed by atoms with van der Waals surface area (Å²) in [5.74, 6) is 2.09. The van der Waals surface area contributed by atoms with Gasteiger partial charge in [-0.3, -0.25) is 4.90 Å². The third kappa shape index (κ3) is 5.87. The van der Waals surface area contributed by atoms with Crippen molar-refractivity contribution in [1.82, 2.24) is 20.1 Å². The fourth-order valence-electron chi connectivity index (χ4n) is 3.54. The average molecular weight is 508 g/mol. The Balaban J connectivity index is 1.41. The summed E-state index contributed by atoms with van der Waals surface area (Å²) < 4.78 is 43.9. The molecule has 0 spiro atoms. The Kier molecular flexibility index (Phi) is 7.50. The minimum Gasteiger partial charge on any atom is -0.473 e. The second kappa shape index (κ2) is 10.4. The number of rotatable bonds is 7. The molecule has 4 rings (SSSR count). The topological polar surface area (TPSA) is 115 Å². The van der Waals surface area contributed by atoms with Crippen molar-refractivity contribution < 1.29 is 32.3 Å². The van der Waals surface area contributed by atoms with E-state index in [0.717, 1.165) is 12.3 Å². The average Bonchev–Trinajstić information content (AvgIpc) is 3.31. The summed E-state index contributed by atoms with van der Waals surface area (Å²) in [4.78, 5) is 26.0. The van der Waals surface area contributed by atoms with Gasteiger partial charge in [0.1, 0.15) is 23.8 Å². The van der Waals surface area contributed by atoms with Crippen LogP contribution in [0.15, 0.2) is 29.4 Å². The standard InChI is InChI=1S/C22H26FN5O6S/c1-5-17-20(26-19-7-6-16(12-18(19)23)35(4,29)30)24-13-25-21(17)31-15-8-10-27(11-9-15)22-32-28(14(2)3)34-33-22/h1,6-7,12-15,22H,8-11H2,2-4H3,(H,24,25,26). The van der Waals surface area contributed by atoms with Crippen LogP contribution in [0.3, 0.4) is 0 Å². The Hall–Kier alpha value is -2.86. The largest absolute Gasteiger partial charge is 0.473 e. The van der Waals surface area contributed by atoms with Crippen molar-refractivity contribution >= 4 is 21.3 Å². The van der Waals surface area contributed by atoms with Gasteiger partial charge in [0, 0.05) is 19.3 Å². The molecule has 0 saturated carbocycles. The summed E-state index contributed by atoms with van der Waals surface area (Å²) >= 11 is 0. The van der Waals surface area contributed by atoms with Crippen LogP contribution >= 0.6 is 0 Å². The number of likely N-dealkylation sites (tertiary alicyclic amines) is 1. The first-order valence-corrected chi connectivity index (χ1v) is 12.8.